The van der Waals surface area contributed by atoms with Crippen LogP contribution in [0.25, 0.3) is 0 Å². The van der Waals surface area contributed by atoms with Crippen LogP contribution >= 0.6 is 19.0 Å². The SMILES string of the molecule is COc1cc(C(=O)NOCC(C)C)c(F)cc1Nc1ncc(Cl)c(Nc2ccccc2OP(C)(C)=O)n1. The van der Waals surface area contributed by atoms with Crippen molar-refractivity contribution in [2.75, 3.05) is 37.7 Å². The van der Waals surface area contributed by atoms with Crippen LogP contribution in [-0.2, 0) is 9.40 Å². The van der Waals surface area contributed by atoms with Gasteiger partial charge in [0.2, 0.25) is 13.3 Å². The van der Waals surface area contributed by atoms with Crippen molar-refractivity contribution >= 4 is 48.0 Å². The standard InChI is InChI=1S/C24H28ClFN5O5P/c1-14(2)13-35-31-23(32)15-10-21(34-3)19(11-17(15)26)29-24-27-12-16(25)22(30-24)28-18-8-6-7-9-20(18)36-37(4,5)33/h6-12,14H,13H2,1-5H3,(H,31,32)(H2,27,28,29,30). The molecule has 3 N–H and O–H groups in total. The first kappa shape index (κ1) is 28.2. The number of carbonyl (C=O) groups is 1. The predicted molar refractivity (Wildman–Crippen MR) is 141 cm³/mol. The molecule has 13 heteroatoms. The molecule has 0 bridgehead atoms. The summed E-state index contributed by atoms with van der Waals surface area (Å²) in [6.45, 7) is 7.11. The number of anilines is 4. The third-order valence-electron chi connectivity index (χ3n) is 4.56. The molecule has 198 valence electrons. The molecule has 0 fully saturated rings. The normalized spacial score (nSPS) is 11.2. The topological polar surface area (TPSA) is 124 Å². The number of hydroxylamine groups is 1. The Morgan fingerprint density at radius 3 is 2.54 bits per heavy atom. The van der Waals surface area contributed by atoms with Gasteiger partial charge in [-0.15, -0.1) is 0 Å². The molecule has 2 aromatic carbocycles. The summed E-state index contributed by atoms with van der Waals surface area (Å²) < 4.78 is 37.9. The number of aromatic nitrogens is 2. The van der Waals surface area contributed by atoms with E-state index in [0.29, 0.717) is 11.4 Å². The fraction of sp³-hybridized carbons (Fsp3) is 0.292. The van der Waals surface area contributed by atoms with Crippen LogP contribution in [0.15, 0.2) is 42.6 Å². The molecule has 0 aliphatic heterocycles. The maximum absolute atomic E-state index is 14.8. The number of methoxy groups -OCH3 is 1. The maximum Gasteiger partial charge on any atom is 0.277 e. The van der Waals surface area contributed by atoms with Crippen molar-refractivity contribution in [1.82, 2.24) is 15.4 Å². The van der Waals surface area contributed by atoms with E-state index >= 15 is 0 Å². The van der Waals surface area contributed by atoms with E-state index in [1.165, 1.54) is 32.7 Å². The number of ether oxygens (including phenoxy) is 1. The highest BCUT2D eigenvalue weighted by Crippen LogP contribution is 2.42. The Morgan fingerprint density at radius 2 is 1.86 bits per heavy atom. The molecule has 0 spiro atoms. The van der Waals surface area contributed by atoms with Gasteiger partial charge >= 0.3 is 0 Å². The summed E-state index contributed by atoms with van der Waals surface area (Å²) in [5.74, 6) is -0.560. The summed E-state index contributed by atoms with van der Waals surface area (Å²) in [5.41, 5.74) is 2.62. The molecule has 0 aliphatic rings. The van der Waals surface area contributed by atoms with Gasteiger partial charge in [0, 0.05) is 19.4 Å². The zero-order chi connectivity index (χ0) is 27.2. The van der Waals surface area contributed by atoms with Crippen LogP contribution in [0.3, 0.4) is 0 Å². The molecular formula is C24H28ClFN5O5P. The number of rotatable bonds is 11. The highest BCUT2D eigenvalue weighted by molar-refractivity contribution is 7.57. The number of nitrogens with zero attached hydrogens (tertiary/aromatic N) is 2. The van der Waals surface area contributed by atoms with E-state index < -0.39 is 19.1 Å². The highest BCUT2D eigenvalue weighted by atomic mass is 35.5. The minimum atomic E-state index is -2.83. The van der Waals surface area contributed by atoms with E-state index in [4.69, 9.17) is 25.7 Å². The first-order chi connectivity index (χ1) is 17.5. The second kappa shape index (κ2) is 12.2. The Kier molecular flexibility index (Phi) is 9.31. The smallest absolute Gasteiger partial charge is 0.277 e. The number of hydrogen-bond donors (Lipinski definition) is 3. The monoisotopic (exact) mass is 551 g/mol. The average Bonchev–Trinajstić information content (AvgIpc) is 2.81. The number of hydrogen-bond acceptors (Lipinski definition) is 9. The Hall–Kier alpha value is -3.40. The number of nitrogens with one attached hydrogen (secondary N) is 3. The second-order valence-electron chi connectivity index (χ2n) is 8.65. The summed E-state index contributed by atoms with van der Waals surface area (Å²) in [7, 11) is -1.45. The van der Waals surface area contributed by atoms with Gasteiger partial charge in [-0.25, -0.2) is 14.9 Å². The zero-order valence-corrected chi connectivity index (χ0v) is 22.6. The number of halogens is 2. The van der Waals surface area contributed by atoms with E-state index in [1.54, 1.807) is 24.3 Å². The molecule has 0 saturated carbocycles. The molecule has 0 saturated heterocycles. The van der Waals surface area contributed by atoms with Crippen LogP contribution < -0.4 is 25.4 Å². The van der Waals surface area contributed by atoms with Gasteiger partial charge in [-0.2, -0.15) is 4.98 Å². The highest BCUT2D eigenvalue weighted by Gasteiger charge is 2.19. The van der Waals surface area contributed by atoms with Crippen molar-refractivity contribution in [3.63, 3.8) is 0 Å². The fourth-order valence-electron chi connectivity index (χ4n) is 2.97. The van der Waals surface area contributed by atoms with Crippen LogP contribution in [0.4, 0.5) is 27.5 Å². The molecule has 3 rings (SSSR count). The van der Waals surface area contributed by atoms with Crippen molar-refractivity contribution in [2.45, 2.75) is 13.8 Å². The van der Waals surface area contributed by atoms with Crippen molar-refractivity contribution in [2.24, 2.45) is 5.92 Å². The van der Waals surface area contributed by atoms with Crippen molar-refractivity contribution < 1.29 is 27.8 Å². The van der Waals surface area contributed by atoms with Crippen molar-refractivity contribution in [3.05, 3.63) is 59.0 Å². The molecule has 37 heavy (non-hydrogen) atoms. The van der Waals surface area contributed by atoms with E-state index in [9.17, 15) is 13.8 Å². The largest absolute Gasteiger partial charge is 0.495 e. The molecule has 0 atom stereocenters. The summed E-state index contributed by atoms with van der Waals surface area (Å²) in [4.78, 5) is 25.9. The number of benzene rings is 2. The Balaban J connectivity index is 1.84. The van der Waals surface area contributed by atoms with Gasteiger partial charge in [-0.1, -0.05) is 37.6 Å². The number of para-hydroxylation sites is 2. The van der Waals surface area contributed by atoms with Crippen LogP contribution in [0, 0.1) is 11.7 Å². The third-order valence-corrected chi connectivity index (χ3v) is 5.48. The van der Waals surface area contributed by atoms with Gasteiger partial charge in [0.15, 0.2) is 5.82 Å². The molecule has 0 aliphatic carbocycles. The van der Waals surface area contributed by atoms with Crippen LogP contribution in [0.2, 0.25) is 5.02 Å². The molecule has 0 radical (unpaired) electrons. The van der Waals surface area contributed by atoms with Gasteiger partial charge in [-0.3, -0.25) is 14.2 Å². The van der Waals surface area contributed by atoms with Crippen molar-refractivity contribution in [1.29, 1.82) is 0 Å². The minimum absolute atomic E-state index is 0.0668. The van der Waals surface area contributed by atoms with Crippen molar-refractivity contribution in [3.8, 4) is 11.5 Å². The first-order valence-corrected chi connectivity index (χ1v) is 14.1. The second-order valence-corrected chi connectivity index (χ2v) is 11.7. The Labute approximate surface area is 219 Å². The van der Waals surface area contributed by atoms with Crippen LogP contribution in [-0.4, -0.2) is 42.9 Å². The lowest BCUT2D eigenvalue weighted by Gasteiger charge is -2.16. The lowest BCUT2D eigenvalue weighted by molar-refractivity contribution is 0.0205. The fourth-order valence-corrected chi connectivity index (χ4v) is 3.74. The Bertz CT molecular complexity index is 1320. The lowest BCUT2D eigenvalue weighted by atomic mass is 10.1. The van der Waals surface area contributed by atoms with Gasteiger partial charge in [0.1, 0.15) is 22.3 Å². The van der Waals surface area contributed by atoms with E-state index in [1.807, 2.05) is 13.8 Å². The van der Waals surface area contributed by atoms with Crippen LogP contribution in [0.1, 0.15) is 24.2 Å². The molecule has 3 aromatic rings. The molecular weight excluding hydrogens is 524 g/mol. The maximum atomic E-state index is 14.8. The van der Waals surface area contributed by atoms with Gasteiger partial charge in [0.05, 0.1) is 36.9 Å². The van der Waals surface area contributed by atoms with Gasteiger partial charge in [0.25, 0.3) is 5.91 Å². The molecule has 10 nitrogen and oxygen atoms in total. The zero-order valence-electron chi connectivity index (χ0n) is 21.0. The predicted octanol–water partition coefficient (Wildman–Crippen LogP) is 6.00. The van der Waals surface area contributed by atoms with Gasteiger partial charge < -0.3 is 19.9 Å². The minimum Gasteiger partial charge on any atom is -0.495 e. The quantitative estimate of drug-likeness (QED) is 0.194. The Morgan fingerprint density at radius 1 is 1.14 bits per heavy atom. The summed E-state index contributed by atoms with van der Waals surface area (Å²) in [6, 6.07) is 9.20. The summed E-state index contributed by atoms with van der Waals surface area (Å²) >= 11 is 6.28. The van der Waals surface area contributed by atoms with E-state index in [-0.39, 0.29) is 46.3 Å². The summed E-state index contributed by atoms with van der Waals surface area (Å²) in [5, 5.41) is 6.11. The van der Waals surface area contributed by atoms with E-state index in [2.05, 4.69) is 26.1 Å². The number of carbonyl (C=O) groups excluding carboxylic acids is 1. The molecule has 0 unspecified atom stereocenters. The average molecular weight is 552 g/mol. The first-order valence-electron chi connectivity index (χ1n) is 11.2. The molecule has 1 heterocycles. The van der Waals surface area contributed by atoms with Crippen LogP contribution in [0.5, 0.6) is 11.5 Å². The number of amides is 1. The summed E-state index contributed by atoms with van der Waals surface area (Å²) in [6.07, 6.45) is 1.35. The molecule has 1 aromatic heterocycles. The third kappa shape index (κ3) is 8.04. The van der Waals surface area contributed by atoms with Gasteiger partial charge in [-0.05, 0) is 24.1 Å². The van der Waals surface area contributed by atoms with E-state index in [0.717, 1.165) is 6.07 Å². The molecule has 1 amide bonds. The lowest BCUT2D eigenvalue weighted by Crippen LogP contribution is -2.26.